The average Bonchev–Trinajstić information content (AvgIpc) is 2.67. The van der Waals surface area contributed by atoms with Crippen LogP contribution in [0.4, 0.5) is 0 Å². The molecule has 0 unspecified atom stereocenters. The third kappa shape index (κ3) is 4.33. The van der Waals surface area contributed by atoms with E-state index in [0.29, 0.717) is 18.0 Å². The molecule has 2 aromatic rings. The maximum Gasteiger partial charge on any atom is 0.253 e. The van der Waals surface area contributed by atoms with E-state index in [1.54, 1.807) is 45.5 Å². The summed E-state index contributed by atoms with van der Waals surface area (Å²) < 4.78 is 36.6. The van der Waals surface area contributed by atoms with Gasteiger partial charge in [0.2, 0.25) is 10.0 Å². The normalized spacial score (nSPS) is 11.1. The van der Waals surface area contributed by atoms with Gasteiger partial charge in [-0.2, -0.15) is 0 Å². The van der Waals surface area contributed by atoms with Crippen molar-refractivity contribution in [2.24, 2.45) is 0 Å². The number of carbonyl (C=O) groups excluding carboxylic acids is 1. The van der Waals surface area contributed by atoms with Crippen molar-refractivity contribution in [3.8, 4) is 11.5 Å². The molecule has 140 valence electrons. The molecule has 0 aliphatic heterocycles. The molecular weight excluding hydrogens is 356 g/mol. The zero-order valence-electron chi connectivity index (χ0n) is 15.1. The number of ether oxygens (including phenoxy) is 2. The lowest BCUT2D eigenvalue weighted by Gasteiger charge is -2.19. The van der Waals surface area contributed by atoms with Crippen molar-refractivity contribution in [3.05, 3.63) is 53.6 Å². The fourth-order valence-corrected chi connectivity index (χ4v) is 3.22. The van der Waals surface area contributed by atoms with E-state index in [9.17, 15) is 13.2 Å². The summed E-state index contributed by atoms with van der Waals surface area (Å²) in [6.45, 7) is 0.301. The predicted molar refractivity (Wildman–Crippen MR) is 98.0 cm³/mol. The maximum absolute atomic E-state index is 12.7. The van der Waals surface area contributed by atoms with Crippen molar-refractivity contribution in [1.82, 2.24) is 9.62 Å². The summed E-state index contributed by atoms with van der Waals surface area (Å²) in [5.74, 6) is 0.969. The molecule has 1 amide bonds. The van der Waals surface area contributed by atoms with Crippen LogP contribution in [-0.2, 0) is 16.6 Å². The Balaban J connectivity index is 2.24. The summed E-state index contributed by atoms with van der Waals surface area (Å²) in [6, 6.07) is 11.3. The van der Waals surface area contributed by atoms with Crippen LogP contribution in [-0.4, -0.2) is 47.5 Å². The largest absolute Gasteiger partial charge is 0.497 e. The molecule has 0 saturated carbocycles. The molecule has 0 aliphatic rings. The van der Waals surface area contributed by atoms with Gasteiger partial charge in [-0.15, -0.1) is 0 Å². The standard InChI is InChI=1S/C18H22N2O5S/c1-19-26(22,23)16-7-5-6-13(10-16)18(21)20(2)12-14-8-9-15(24-3)11-17(14)25-4/h5-11,19H,12H2,1-4H3. The monoisotopic (exact) mass is 378 g/mol. The molecule has 2 rings (SSSR count). The van der Waals surface area contributed by atoms with Crippen LogP contribution in [0.1, 0.15) is 15.9 Å². The molecule has 0 aromatic heterocycles. The molecule has 0 atom stereocenters. The Morgan fingerprint density at radius 3 is 2.46 bits per heavy atom. The molecule has 8 heteroatoms. The number of rotatable bonds is 7. The van der Waals surface area contributed by atoms with Crippen molar-refractivity contribution >= 4 is 15.9 Å². The molecule has 2 aromatic carbocycles. The van der Waals surface area contributed by atoms with Gasteiger partial charge in [0, 0.05) is 30.8 Å². The lowest BCUT2D eigenvalue weighted by Crippen LogP contribution is -2.27. The number of sulfonamides is 1. The van der Waals surface area contributed by atoms with E-state index in [1.165, 1.54) is 24.1 Å². The first-order valence-corrected chi connectivity index (χ1v) is 9.30. The third-order valence-electron chi connectivity index (χ3n) is 3.91. The number of benzene rings is 2. The van der Waals surface area contributed by atoms with Crippen molar-refractivity contribution in [3.63, 3.8) is 0 Å². The predicted octanol–water partition coefficient (Wildman–Crippen LogP) is 1.88. The fraction of sp³-hybridized carbons (Fsp3) is 0.278. The van der Waals surface area contributed by atoms with E-state index >= 15 is 0 Å². The van der Waals surface area contributed by atoms with Crippen LogP contribution in [0.2, 0.25) is 0 Å². The van der Waals surface area contributed by atoms with E-state index < -0.39 is 10.0 Å². The van der Waals surface area contributed by atoms with Crippen LogP contribution in [0.15, 0.2) is 47.4 Å². The Bertz CT molecular complexity index is 896. The summed E-state index contributed by atoms with van der Waals surface area (Å²) in [7, 11) is 2.47. The van der Waals surface area contributed by atoms with E-state index in [2.05, 4.69) is 4.72 Å². The minimum absolute atomic E-state index is 0.0429. The second-order valence-corrected chi connectivity index (χ2v) is 7.46. The molecule has 0 aliphatic carbocycles. The highest BCUT2D eigenvalue weighted by Gasteiger charge is 2.18. The molecule has 0 fully saturated rings. The summed E-state index contributed by atoms with van der Waals surface area (Å²) in [5.41, 5.74) is 1.10. The first-order chi connectivity index (χ1) is 12.3. The summed E-state index contributed by atoms with van der Waals surface area (Å²) >= 11 is 0. The summed E-state index contributed by atoms with van der Waals surface area (Å²) in [6.07, 6.45) is 0. The van der Waals surface area contributed by atoms with Crippen LogP contribution in [0.5, 0.6) is 11.5 Å². The first kappa shape index (κ1) is 19.7. The molecule has 26 heavy (non-hydrogen) atoms. The van der Waals surface area contributed by atoms with Gasteiger partial charge >= 0.3 is 0 Å². The zero-order chi connectivity index (χ0) is 19.3. The molecule has 0 saturated heterocycles. The van der Waals surface area contributed by atoms with E-state index in [-0.39, 0.29) is 16.4 Å². The average molecular weight is 378 g/mol. The molecule has 0 heterocycles. The fourth-order valence-electron chi connectivity index (χ4n) is 2.44. The minimum Gasteiger partial charge on any atom is -0.497 e. The van der Waals surface area contributed by atoms with Gasteiger partial charge < -0.3 is 14.4 Å². The van der Waals surface area contributed by atoms with E-state index in [1.807, 2.05) is 6.07 Å². The Labute approximate surface area is 153 Å². The smallest absolute Gasteiger partial charge is 0.253 e. The van der Waals surface area contributed by atoms with Crippen LogP contribution in [0.25, 0.3) is 0 Å². The lowest BCUT2D eigenvalue weighted by atomic mass is 10.1. The van der Waals surface area contributed by atoms with Gasteiger partial charge in [0.25, 0.3) is 5.91 Å². The topological polar surface area (TPSA) is 84.9 Å². The maximum atomic E-state index is 12.7. The van der Waals surface area contributed by atoms with Crippen molar-refractivity contribution < 1.29 is 22.7 Å². The Hall–Kier alpha value is -2.58. The highest BCUT2D eigenvalue weighted by molar-refractivity contribution is 7.89. The van der Waals surface area contributed by atoms with E-state index in [0.717, 1.165) is 5.56 Å². The third-order valence-corrected chi connectivity index (χ3v) is 5.32. The summed E-state index contributed by atoms with van der Waals surface area (Å²) in [5, 5.41) is 0. The molecule has 1 N–H and O–H groups in total. The first-order valence-electron chi connectivity index (χ1n) is 7.82. The van der Waals surface area contributed by atoms with Gasteiger partial charge in [-0.3, -0.25) is 4.79 Å². The number of hydrogen-bond donors (Lipinski definition) is 1. The highest BCUT2D eigenvalue weighted by Crippen LogP contribution is 2.26. The second kappa shape index (κ2) is 8.20. The summed E-state index contributed by atoms with van der Waals surface area (Å²) in [4.78, 5) is 14.2. The highest BCUT2D eigenvalue weighted by atomic mass is 32.2. The second-order valence-electron chi connectivity index (χ2n) is 5.57. The van der Waals surface area contributed by atoms with Crippen molar-refractivity contribution in [2.75, 3.05) is 28.3 Å². The Morgan fingerprint density at radius 2 is 1.85 bits per heavy atom. The van der Waals surface area contributed by atoms with Crippen LogP contribution >= 0.6 is 0 Å². The van der Waals surface area contributed by atoms with Gasteiger partial charge in [0.15, 0.2) is 0 Å². The number of nitrogens with zero attached hydrogens (tertiary/aromatic N) is 1. The van der Waals surface area contributed by atoms with Crippen LogP contribution < -0.4 is 14.2 Å². The Morgan fingerprint density at radius 1 is 1.12 bits per heavy atom. The van der Waals surface area contributed by atoms with Gasteiger partial charge in [0.05, 0.1) is 19.1 Å². The molecule has 0 bridgehead atoms. The van der Waals surface area contributed by atoms with Gasteiger partial charge in [0.1, 0.15) is 11.5 Å². The van der Waals surface area contributed by atoms with Gasteiger partial charge in [-0.1, -0.05) is 6.07 Å². The van der Waals surface area contributed by atoms with Crippen LogP contribution in [0.3, 0.4) is 0 Å². The Kier molecular flexibility index (Phi) is 6.23. The zero-order valence-corrected chi connectivity index (χ0v) is 16.0. The number of nitrogens with one attached hydrogen (secondary N) is 1. The van der Waals surface area contributed by atoms with Crippen molar-refractivity contribution in [2.45, 2.75) is 11.4 Å². The lowest BCUT2D eigenvalue weighted by molar-refractivity contribution is 0.0784. The number of amides is 1. The molecule has 0 spiro atoms. The van der Waals surface area contributed by atoms with Gasteiger partial charge in [-0.05, 0) is 37.4 Å². The van der Waals surface area contributed by atoms with Crippen molar-refractivity contribution in [1.29, 1.82) is 0 Å². The minimum atomic E-state index is -3.61. The van der Waals surface area contributed by atoms with Crippen LogP contribution in [0, 0.1) is 0 Å². The quantitative estimate of drug-likeness (QED) is 0.795. The number of carbonyl (C=O) groups is 1. The van der Waals surface area contributed by atoms with E-state index in [4.69, 9.17) is 9.47 Å². The molecular formula is C18H22N2O5S. The number of hydrogen-bond acceptors (Lipinski definition) is 5. The SMILES string of the molecule is CNS(=O)(=O)c1cccc(C(=O)N(C)Cc2ccc(OC)cc2OC)c1. The molecule has 7 nitrogen and oxygen atoms in total. The van der Waals surface area contributed by atoms with Gasteiger partial charge in [-0.25, -0.2) is 13.1 Å². The number of methoxy groups -OCH3 is 2. The molecule has 0 radical (unpaired) electrons.